The number of hydrogen-bond donors (Lipinski definition) is 1. The van der Waals surface area contributed by atoms with E-state index in [0.29, 0.717) is 38.0 Å². The summed E-state index contributed by atoms with van der Waals surface area (Å²) < 4.78 is 10.1. The molecular formula is C20H24N2O4. The highest BCUT2D eigenvalue weighted by atomic mass is 16.5. The molecule has 0 aliphatic carbocycles. The quantitative estimate of drug-likeness (QED) is 0.863. The van der Waals surface area contributed by atoms with E-state index in [1.807, 2.05) is 24.3 Å². The molecular weight excluding hydrogens is 332 g/mol. The molecule has 2 aromatic rings. The Bertz CT molecular complexity index is 717. The summed E-state index contributed by atoms with van der Waals surface area (Å²) >= 11 is 0. The monoisotopic (exact) mass is 356 g/mol. The molecule has 6 nitrogen and oxygen atoms in total. The van der Waals surface area contributed by atoms with Crippen molar-refractivity contribution in [3.8, 4) is 5.75 Å². The molecule has 3 rings (SSSR count). The number of amides is 2. The van der Waals surface area contributed by atoms with Crippen LogP contribution >= 0.6 is 0 Å². The van der Waals surface area contributed by atoms with E-state index in [2.05, 4.69) is 5.32 Å². The standard InChI is InChI=1S/C20H24N2O4/c1-25-18-4-2-15(3-5-18)6-10-21-19(23)16-7-11-22(12-8-16)20(24)17-9-13-26-14-17/h2-5,9,13-14,16H,6-8,10-12H2,1H3,(H,21,23). The summed E-state index contributed by atoms with van der Waals surface area (Å²) in [5.74, 6) is 0.847. The molecule has 2 amide bonds. The number of rotatable bonds is 6. The lowest BCUT2D eigenvalue weighted by Crippen LogP contribution is -2.43. The van der Waals surface area contributed by atoms with Crippen molar-refractivity contribution in [1.82, 2.24) is 10.2 Å². The summed E-state index contributed by atoms with van der Waals surface area (Å²) in [7, 11) is 1.64. The summed E-state index contributed by atoms with van der Waals surface area (Å²) in [5.41, 5.74) is 1.72. The number of nitrogens with zero attached hydrogens (tertiary/aromatic N) is 1. The second-order valence-corrected chi connectivity index (χ2v) is 6.47. The van der Waals surface area contributed by atoms with E-state index in [4.69, 9.17) is 9.15 Å². The third kappa shape index (κ3) is 4.45. The van der Waals surface area contributed by atoms with Gasteiger partial charge in [0.15, 0.2) is 0 Å². The van der Waals surface area contributed by atoms with Crippen LogP contribution < -0.4 is 10.1 Å². The van der Waals surface area contributed by atoms with Crippen molar-refractivity contribution in [2.75, 3.05) is 26.7 Å². The van der Waals surface area contributed by atoms with Gasteiger partial charge in [0.25, 0.3) is 5.91 Å². The van der Waals surface area contributed by atoms with E-state index in [9.17, 15) is 9.59 Å². The summed E-state index contributed by atoms with van der Waals surface area (Å²) in [6.07, 6.45) is 5.13. The molecule has 0 unspecified atom stereocenters. The van der Waals surface area contributed by atoms with E-state index >= 15 is 0 Å². The minimum atomic E-state index is -0.0305. The topological polar surface area (TPSA) is 71.8 Å². The zero-order valence-electron chi connectivity index (χ0n) is 14.9. The van der Waals surface area contributed by atoms with Crippen LogP contribution in [0.1, 0.15) is 28.8 Å². The molecule has 1 fully saturated rings. The fraction of sp³-hybridized carbons (Fsp3) is 0.400. The van der Waals surface area contributed by atoms with Gasteiger partial charge in [0.05, 0.1) is 18.9 Å². The number of hydrogen-bond acceptors (Lipinski definition) is 4. The van der Waals surface area contributed by atoms with Gasteiger partial charge < -0.3 is 19.4 Å². The second kappa shape index (κ2) is 8.56. The lowest BCUT2D eigenvalue weighted by atomic mass is 9.95. The van der Waals surface area contributed by atoms with E-state index in [1.165, 1.54) is 12.5 Å². The van der Waals surface area contributed by atoms with Gasteiger partial charge in [0.1, 0.15) is 12.0 Å². The van der Waals surface area contributed by atoms with Crippen LogP contribution in [0.5, 0.6) is 5.75 Å². The fourth-order valence-corrected chi connectivity index (χ4v) is 3.18. The Kier molecular flexibility index (Phi) is 5.94. The number of carbonyl (C=O) groups is 2. The molecule has 26 heavy (non-hydrogen) atoms. The average molecular weight is 356 g/mol. The Morgan fingerprint density at radius 2 is 1.92 bits per heavy atom. The Morgan fingerprint density at radius 1 is 1.19 bits per heavy atom. The van der Waals surface area contributed by atoms with Crippen LogP contribution in [-0.2, 0) is 11.2 Å². The third-order valence-corrected chi connectivity index (χ3v) is 4.79. The van der Waals surface area contributed by atoms with Crippen molar-refractivity contribution in [3.63, 3.8) is 0 Å². The van der Waals surface area contributed by atoms with Crippen LogP contribution in [0.15, 0.2) is 47.3 Å². The number of likely N-dealkylation sites (tertiary alicyclic amines) is 1. The Balaban J connectivity index is 1.40. The highest BCUT2D eigenvalue weighted by Crippen LogP contribution is 2.19. The fourth-order valence-electron chi connectivity index (χ4n) is 3.18. The maximum atomic E-state index is 12.3. The molecule has 0 saturated carbocycles. The first kappa shape index (κ1) is 18.0. The number of benzene rings is 1. The molecule has 0 radical (unpaired) electrons. The molecule has 1 aromatic carbocycles. The molecule has 2 heterocycles. The van der Waals surface area contributed by atoms with Crippen molar-refractivity contribution < 1.29 is 18.7 Å². The van der Waals surface area contributed by atoms with Gasteiger partial charge in [-0.15, -0.1) is 0 Å². The van der Waals surface area contributed by atoms with Gasteiger partial charge >= 0.3 is 0 Å². The maximum absolute atomic E-state index is 12.3. The van der Waals surface area contributed by atoms with Crippen molar-refractivity contribution in [2.24, 2.45) is 5.92 Å². The lowest BCUT2D eigenvalue weighted by Gasteiger charge is -2.31. The molecule has 1 aliphatic heterocycles. The van der Waals surface area contributed by atoms with Crippen molar-refractivity contribution in [1.29, 1.82) is 0 Å². The first-order chi connectivity index (χ1) is 12.7. The Labute approximate surface area is 153 Å². The predicted octanol–water partition coefficient (Wildman–Crippen LogP) is 2.50. The highest BCUT2D eigenvalue weighted by Gasteiger charge is 2.27. The van der Waals surface area contributed by atoms with Crippen LogP contribution in [0, 0.1) is 5.92 Å². The van der Waals surface area contributed by atoms with Gasteiger partial charge in [-0.3, -0.25) is 9.59 Å². The number of piperidine rings is 1. The normalized spacial score (nSPS) is 14.9. The molecule has 0 atom stereocenters. The molecule has 6 heteroatoms. The number of ether oxygens (including phenoxy) is 1. The highest BCUT2D eigenvalue weighted by molar-refractivity contribution is 5.94. The van der Waals surface area contributed by atoms with Gasteiger partial charge in [-0.25, -0.2) is 0 Å². The molecule has 1 saturated heterocycles. The van der Waals surface area contributed by atoms with Crippen LogP contribution in [0.2, 0.25) is 0 Å². The molecule has 1 N–H and O–H groups in total. The average Bonchev–Trinajstić information content (AvgIpc) is 3.23. The zero-order chi connectivity index (χ0) is 18.4. The zero-order valence-corrected chi connectivity index (χ0v) is 14.9. The molecule has 0 bridgehead atoms. The van der Waals surface area contributed by atoms with Gasteiger partial charge in [0, 0.05) is 25.6 Å². The summed E-state index contributed by atoms with van der Waals surface area (Å²) in [6, 6.07) is 9.52. The van der Waals surface area contributed by atoms with Gasteiger partial charge in [-0.2, -0.15) is 0 Å². The van der Waals surface area contributed by atoms with Gasteiger partial charge in [0.2, 0.25) is 5.91 Å². The second-order valence-electron chi connectivity index (χ2n) is 6.47. The lowest BCUT2D eigenvalue weighted by molar-refractivity contribution is -0.126. The van der Waals surface area contributed by atoms with E-state index < -0.39 is 0 Å². The largest absolute Gasteiger partial charge is 0.497 e. The van der Waals surface area contributed by atoms with Crippen molar-refractivity contribution in [3.05, 3.63) is 54.0 Å². The predicted molar refractivity (Wildman–Crippen MR) is 97.0 cm³/mol. The first-order valence-electron chi connectivity index (χ1n) is 8.89. The molecule has 0 spiro atoms. The van der Waals surface area contributed by atoms with E-state index in [1.54, 1.807) is 18.1 Å². The summed E-state index contributed by atoms with van der Waals surface area (Å²) in [5, 5.41) is 3.01. The number of methoxy groups -OCH3 is 1. The summed E-state index contributed by atoms with van der Waals surface area (Å²) in [6.45, 7) is 1.81. The van der Waals surface area contributed by atoms with Crippen LogP contribution in [0.25, 0.3) is 0 Å². The minimum absolute atomic E-state index is 0.0285. The maximum Gasteiger partial charge on any atom is 0.257 e. The minimum Gasteiger partial charge on any atom is -0.497 e. The number of furan rings is 1. The van der Waals surface area contributed by atoms with Crippen molar-refractivity contribution in [2.45, 2.75) is 19.3 Å². The SMILES string of the molecule is COc1ccc(CCNC(=O)C2CCN(C(=O)c3ccoc3)CC2)cc1. The van der Waals surface area contributed by atoms with E-state index in [-0.39, 0.29) is 17.7 Å². The molecule has 1 aliphatic rings. The Hall–Kier alpha value is -2.76. The molecule has 138 valence electrons. The van der Waals surface area contributed by atoms with Crippen LogP contribution in [-0.4, -0.2) is 43.5 Å². The first-order valence-corrected chi connectivity index (χ1v) is 8.89. The summed E-state index contributed by atoms with van der Waals surface area (Å²) in [4.78, 5) is 26.4. The number of carbonyl (C=O) groups excluding carboxylic acids is 2. The third-order valence-electron chi connectivity index (χ3n) is 4.79. The van der Waals surface area contributed by atoms with Gasteiger partial charge in [-0.05, 0) is 43.0 Å². The van der Waals surface area contributed by atoms with Crippen LogP contribution in [0.3, 0.4) is 0 Å². The van der Waals surface area contributed by atoms with Crippen LogP contribution in [0.4, 0.5) is 0 Å². The van der Waals surface area contributed by atoms with Gasteiger partial charge in [-0.1, -0.05) is 12.1 Å². The molecule has 1 aromatic heterocycles. The van der Waals surface area contributed by atoms with Crippen molar-refractivity contribution >= 4 is 11.8 Å². The van der Waals surface area contributed by atoms with E-state index in [0.717, 1.165) is 17.7 Å². The smallest absolute Gasteiger partial charge is 0.257 e. The number of nitrogens with one attached hydrogen (secondary N) is 1. The Morgan fingerprint density at radius 3 is 2.54 bits per heavy atom.